The lowest BCUT2D eigenvalue weighted by atomic mass is 9.72. The maximum absolute atomic E-state index is 14.0. The van der Waals surface area contributed by atoms with Gasteiger partial charge in [-0.1, -0.05) is 104 Å². The van der Waals surface area contributed by atoms with Gasteiger partial charge in [-0.2, -0.15) is 0 Å². The molecule has 222 valence electrons. The van der Waals surface area contributed by atoms with Crippen LogP contribution in [0.15, 0.2) is 18.2 Å². The van der Waals surface area contributed by atoms with E-state index in [1.165, 1.54) is 0 Å². The molecule has 0 aliphatic rings. The molecule has 0 bridgehead atoms. The van der Waals surface area contributed by atoms with E-state index in [9.17, 15) is 19.8 Å². The van der Waals surface area contributed by atoms with Crippen molar-refractivity contribution < 1.29 is 24.5 Å². The van der Waals surface area contributed by atoms with Crippen LogP contribution in [0, 0.1) is 5.41 Å². The number of phenols is 1. The van der Waals surface area contributed by atoms with Gasteiger partial charge < -0.3 is 14.9 Å². The number of carbonyl (C=O) groups is 2. The Balaban J connectivity index is 3.00. The molecule has 0 aliphatic carbocycles. The van der Waals surface area contributed by atoms with Crippen LogP contribution in [-0.2, 0) is 28.1 Å². The van der Waals surface area contributed by atoms with E-state index in [1.54, 1.807) is 18.2 Å². The molecule has 5 heteroatoms. The highest BCUT2D eigenvalue weighted by Crippen LogP contribution is 2.46. The summed E-state index contributed by atoms with van der Waals surface area (Å²) in [5.41, 5.74) is 2.04. The number of ether oxygens (including phenoxy) is 1. The molecule has 0 saturated carbocycles. The van der Waals surface area contributed by atoms with Gasteiger partial charge in [0.1, 0.15) is 11.5 Å². The maximum atomic E-state index is 14.0. The summed E-state index contributed by atoms with van der Waals surface area (Å²) in [5.74, 6) is -0.898. The van der Waals surface area contributed by atoms with E-state index in [0.29, 0.717) is 40.0 Å². The summed E-state index contributed by atoms with van der Waals surface area (Å²) in [6.07, 6.45) is 0.512. The molecular formula is C35H52O5. The van der Waals surface area contributed by atoms with Crippen LogP contribution in [0.3, 0.4) is 0 Å². The fourth-order valence-corrected chi connectivity index (χ4v) is 5.11. The summed E-state index contributed by atoms with van der Waals surface area (Å²) in [7, 11) is 0. The van der Waals surface area contributed by atoms with Gasteiger partial charge in [-0.3, -0.25) is 0 Å². The molecule has 0 aliphatic heterocycles. The summed E-state index contributed by atoms with van der Waals surface area (Å²) < 4.78 is 6.37. The molecule has 2 rings (SSSR count). The first-order valence-electron chi connectivity index (χ1n) is 14.2. The highest BCUT2D eigenvalue weighted by atomic mass is 16.5. The van der Waals surface area contributed by atoms with Crippen LogP contribution in [0.2, 0.25) is 0 Å². The zero-order valence-electron chi connectivity index (χ0n) is 27.6. The van der Waals surface area contributed by atoms with E-state index in [-0.39, 0.29) is 16.7 Å². The first kappa shape index (κ1) is 33.4. The highest BCUT2D eigenvalue weighted by Gasteiger charge is 2.36. The Hall–Kier alpha value is -2.82. The van der Waals surface area contributed by atoms with Crippen LogP contribution in [0.25, 0.3) is 0 Å². The number of carboxylic acids is 1. The summed E-state index contributed by atoms with van der Waals surface area (Å²) in [6.45, 7) is 30.3. The monoisotopic (exact) mass is 552 g/mol. The second-order valence-electron chi connectivity index (χ2n) is 16.5. The molecule has 0 saturated heterocycles. The molecule has 40 heavy (non-hydrogen) atoms. The molecule has 0 spiro atoms. The van der Waals surface area contributed by atoms with Gasteiger partial charge in [0.2, 0.25) is 0 Å². The summed E-state index contributed by atoms with van der Waals surface area (Å²) >= 11 is 0. The minimum Gasteiger partial charge on any atom is -0.507 e. The number of hydrogen-bond donors (Lipinski definition) is 2. The zero-order chi connectivity index (χ0) is 31.4. The predicted octanol–water partition coefficient (Wildman–Crippen LogP) is 9.09. The van der Waals surface area contributed by atoms with Gasteiger partial charge >= 0.3 is 11.9 Å². The van der Waals surface area contributed by atoms with E-state index >= 15 is 0 Å². The van der Waals surface area contributed by atoms with Gasteiger partial charge in [-0.05, 0) is 57.3 Å². The molecule has 2 N–H and O–H groups in total. The van der Waals surface area contributed by atoms with Crippen LogP contribution < -0.4 is 4.74 Å². The van der Waals surface area contributed by atoms with E-state index in [2.05, 4.69) is 20.8 Å². The second-order valence-corrected chi connectivity index (χ2v) is 16.5. The average Bonchev–Trinajstić information content (AvgIpc) is 2.68. The lowest BCUT2D eigenvalue weighted by Crippen LogP contribution is -2.27. The number of carboxylic acid groups (broad SMARTS) is 1. The number of aromatic hydroxyl groups is 1. The third kappa shape index (κ3) is 7.47. The van der Waals surface area contributed by atoms with Gasteiger partial charge in [0.25, 0.3) is 0 Å². The van der Waals surface area contributed by atoms with Crippen molar-refractivity contribution in [1.82, 2.24) is 0 Å². The smallest absolute Gasteiger partial charge is 0.343 e. The zero-order valence-corrected chi connectivity index (χ0v) is 27.6. The standard InChI is InChI=1S/C35H52O5/c1-31(2,3)19-22-21(29(37)38)18-25(34(10,11)12)28(26(22)35(13,14)15)40-30(39)20-16-23(32(4,5)6)27(36)24(17-20)33(7,8)9/h16-18,36H,19H2,1-15H3,(H,37,38). The fourth-order valence-electron chi connectivity index (χ4n) is 5.11. The molecule has 0 radical (unpaired) electrons. The van der Waals surface area contributed by atoms with Gasteiger partial charge in [-0.15, -0.1) is 0 Å². The van der Waals surface area contributed by atoms with E-state index in [1.807, 2.05) is 83.1 Å². The van der Waals surface area contributed by atoms with Crippen molar-refractivity contribution in [2.75, 3.05) is 0 Å². The Bertz CT molecular complexity index is 1260. The minimum atomic E-state index is -0.990. The van der Waals surface area contributed by atoms with Crippen molar-refractivity contribution in [3.63, 3.8) is 0 Å². The second kappa shape index (κ2) is 10.5. The Kier molecular flexibility index (Phi) is 8.80. The van der Waals surface area contributed by atoms with Gasteiger partial charge in [0, 0.05) is 22.3 Å². The van der Waals surface area contributed by atoms with E-state index in [0.717, 1.165) is 5.56 Å². The minimum absolute atomic E-state index is 0.195. The average molecular weight is 553 g/mol. The molecular weight excluding hydrogens is 500 g/mol. The molecule has 2 aromatic carbocycles. The van der Waals surface area contributed by atoms with Crippen molar-refractivity contribution in [3.8, 4) is 11.5 Å². The Morgan fingerprint density at radius 3 is 1.43 bits per heavy atom. The Morgan fingerprint density at radius 1 is 0.675 bits per heavy atom. The third-order valence-corrected chi connectivity index (χ3v) is 7.04. The molecule has 0 heterocycles. The number of phenolic OH excluding ortho intramolecular Hbond substituents is 1. The van der Waals surface area contributed by atoms with Crippen molar-refractivity contribution in [2.24, 2.45) is 5.41 Å². The Morgan fingerprint density at radius 2 is 1.10 bits per heavy atom. The number of aromatic carboxylic acids is 1. The normalized spacial score (nSPS) is 13.4. The van der Waals surface area contributed by atoms with Gasteiger partial charge in [-0.25, -0.2) is 9.59 Å². The molecule has 0 aromatic heterocycles. The number of esters is 1. The first-order valence-corrected chi connectivity index (χ1v) is 14.2. The maximum Gasteiger partial charge on any atom is 0.343 e. The summed E-state index contributed by atoms with van der Waals surface area (Å²) in [4.78, 5) is 26.6. The lowest BCUT2D eigenvalue weighted by molar-refractivity contribution is 0.0694. The molecule has 5 nitrogen and oxygen atoms in total. The topological polar surface area (TPSA) is 83.8 Å². The van der Waals surface area contributed by atoms with Crippen LogP contribution in [0.1, 0.15) is 152 Å². The number of hydrogen-bond acceptors (Lipinski definition) is 4. The Labute approximate surface area is 242 Å². The van der Waals surface area contributed by atoms with E-state index < -0.39 is 33.6 Å². The van der Waals surface area contributed by atoms with E-state index in [4.69, 9.17) is 4.74 Å². The van der Waals surface area contributed by atoms with Crippen LogP contribution in [-0.4, -0.2) is 22.2 Å². The molecule has 0 fully saturated rings. The van der Waals surface area contributed by atoms with Crippen LogP contribution in [0.4, 0.5) is 0 Å². The SMILES string of the molecule is CC(C)(C)Cc1c(C(=O)O)cc(C(C)(C)C)c(OC(=O)c2cc(C(C)(C)C)c(O)c(C(C)(C)C)c2)c1C(C)(C)C. The van der Waals surface area contributed by atoms with Crippen molar-refractivity contribution in [3.05, 3.63) is 57.1 Å². The number of benzene rings is 2. The number of rotatable bonds is 4. The van der Waals surface area contributed by atoms with Gasteiger partial charge in [0.05, 0.1) is 11.1 Å². The quantitative estimate of drug-likeness (QED) is 0.292. The molecule has 2 aromatic rings. The highest BCUT2D eigenvalue weighted by molar-refractivity contribution is 5.94. The molecule has 0 amide bonds. The van der Waals surface area contributed by atoms with Crippen LogP contribution >= 0.6 is 0 Å². The lowest BCUT2D eigenvalue weighted by Gasteiger charge is -2.34. The van der Waals surface area contributed by atoms with Crippen molar-refractivity contribution in [2.45, 2.75) is 132 Å². The first-order chi connectivity index (χ1) is 17.7. The largest absolute Gasteiger partial charge is 0.507 e. The summed E-state index contributed by atoms with van der Waals surface area (Å²) in [6, 6.07) is 5.14. The molecule has 0 atom stereocenters. The number of carbonyl (C=O) groups excluding carboxylic acids is 1. The van der Waals surface area contributed by atoms with Gasteiger partial charge in [0.15, 0.2) is 0 Å². The fraction of sp³-hybridized carbons (Fsp3) is 0.600. The third-order valence-electron chi connectivity index (χ3n) is 7.04. The van der Waals surface area contributed by atoms with Crippen LogP contribution in [0.5, 0.6) is 11.5 Å². The van der Waals surface area contributed by atoms with Crippen molar-refractivity contribution in [1.29, 1.82) is 0 Å². The summed E-state index contributed by atoms with van der Waals surface area (Å²) in [5, 5.41) is 21.5. The van der Waals surface area contributed by atoms with Crippen molar-refractivity contribution >= 4 is 11.9 Å². The predicted molar refractivity (Wildman–Crippen MR) is 164 cm³/mol. The molecule has 0 unspecified atom stereocenters.